The lowest BCUT2D eigenvalue weighted by molar-refractivity contribution is -0.134. The van der Waals surface area contributed by atoms with E-state index in [2.05, 4.69) is 0 Å². The van der Waals surface area contributed by atoms with Gasteiger partial charge in [0.05, 0.1) is 6.04 Å². The molecule has 0 rings (SSSR count). The minimum absolute atomic E-state index is 0.0827. The van der Waals surface area contributed by atoms with E-state index in [0.717, 1.165) is 19.4 Å². The maximum Gasteiger partial charge on any atom is 0.239 e. The lowest BCUT2D eigenvalue weighted by atomic mass is 10.1. The molecule has 0 aromatic rings. The number of amides is 1. The van der Waals surface area contributed by atoms with E-state index in [4.69, 9.17) is 5.73 Å². The summed E-state index contributed by atoms with van der Waals surface area (Å²) in [6, 6.07) is -0.0623. The second kappa shape index (κ2) is 5.97. The summed E-state index contributed by atoms with van der Waals surface area (Å²) in [5, 5.41) is 0. The van der Waals surface area contributed by atoms with Crippen molar-refractivity contribution in [1.29, 1.82) is 0 Å². The molecule has 0 radical (unpaired) electrons. The third kappa shape index (κ3) is 3.77. The van der Waals surface area contributed by atoms with Crippen molar-refractivity contribution in [2.45, 2.75) is 52.6 Å². The summed E-state index contributed by atoms with van der Waals surface area (Å²) >= 11 is 0. The Morgan fingerprint density at radius 2 is 1.92 bits per heavy atom. The van der Waals surface area contributed by atoms with E-state index in [-0.39, 0.29) is 18.0 Å². The van der Waals surface area contributed by atoms with Crippen molar-refractivity contribution in [2.24, 2.45) is 5.73 Å². The Kier molecular flexibility index (Phi) is 5.71. The largest absolute Gasteiger partial charge is 0.339 e. The smallest absolute Gasteiger partial charge is 0.239 e. The van der Waals surface area contributed by atoms with Crippen LogP contribution in [0.3, 0.4) is 0 Å². The van der Waals surface area contributed by atoms with Crippen LogP contribution < -0.4 is 5.73 Å². The minimum Gasteiger partial charge on any atom is -0.339 e. The number of nitrogens with two attached hydrogens (primary N) is 1. The zero-order valence-corrected chi connectivity index (χ0v) is 9.21. The van der Waals surface area contributed by atoms with Crippen LogP contribution in [0.2, 0.25) is 0 Å². The molecule has 0 bridgehead atoms. The molecule has 3 nitrogen and oxygen atoms in total. The fourth-order valence-corrected chi connectivity index (χ4v) is 1.42. The molecule has 0 aromatic carbocycles. The van der Waals surface area contributed by atoms with E-state index < -0.39 is 0 Å². The minimum atomic E-state index is -0.313. The van der Waals surface area contributed by atoms with Crippen molar-refractivity contribution in [3.8, 4) is 0 Å². The maximum atomic E-state index is 11.7. The molecular weight excluding hydrogens is 164 g/mol. The monoisotopic (exact) mass is 186 g/mol. The van der Waals surface area contributed by atoms with Crippen LogP contribution >= 0.6 is 0 Å². The Labute approximate surface area is 81.3 Å². The highest BCUT2D eigenvalue weighted by atomic mass is 16.2. The molecule has 0 aliphatic rings. The van der Waals surface area contributed by atoms with Crippen LogP contribution in [-0.4, -0.2) is 29.4 Å². The van der Waals surface area contributed by atoms with E-state index in [1.807, 2.05) is 32.6 Å². The summed E-state index contributed by atoms with van der Waals surface area (Å²) in [5.41, 5.74) is 5.75. The van der Waals surface area contributed by atoms with Gasteiger partial charge in [-0.1, -0.05) is 13.3 Å². The van der Waals surface area contributed by atoms with Gasteiger partial charge in [-0.3, -0.25) is 4.79 Å². The van der Waals surface area contributed by atoms with Gasteiger partial charge in [-0.2, -0.15) is 0 Å². The highest BCUT2D eigenvalue weighted by Crippen LogP contribution is 2.04. The molecule has 13 heavy (non-hydrogen) atoms. The summed E-state index contributed by atoms with van der Waals surface area (Å²) in [4.78, 5) is 13.5. The highest BCUT2D eigenvalue weighted by molar-refractivity contribution is 5.81. The van der Waals surface area contributed by atoms with Gasteiger partial charge in [-0.05, 0) is 27.2 Å². The molecule has 0 saturated heterocycles. The third-order valence-electron chi connectivity index (χ3n) is 2.16. The average molecular weight is 186 g/mol. The molecule has 0 fully saturated rings. The average Bonchev–Trinajstić information content (AvgIpc) is 2.05. The number of rotatable bonds is 5. The van der Waals surface area contributed by atoms with E-state index in [0.29, 0.717) is 0 Å². The molecule has 1 atom stereocenters. The second-order valence-corrected chi connectivity index (χ2v) is 3.61. The molecule has 78 valence electrons. The summed E-state index contributed by atoms with van der Waals surface area (Å²) in [6.45, 7) is 8.80. The van der Waals surface area contributed by atoms with E-state index in [1.165, 1.54) is 0 Å². The van der Waals surface area contributed by atoms with E-state index in [9.17, 15) is 4.79 Å². The molecule has 3 heteroatoms. The van der Waals surface area contributed by atoms with Crippen LogP contribution in [0.25, 0.3) is 0 Å². The van der Waals surface area contributed by atoms with Gasteiger partial charge in [0.25, 0.3) is 0 Å². The highest BCUT2D eigenvalue weighted by Gasteiger charge is 2.20. The summed E-state index contributed by atoms with van der Waals surface area (Å²) in [6.07, 6.45) is 1.74. The number of carbonyl (C=O) groups is 1. The van der Waals surface area contributed by atoms with Crippen molar-refractivity contribution in [1.82, 2.24) is 4.90 Å². The van der Waals surface area contributed by atoms with Gasteiger partial charge in [0.1, 0.15) is 0 Å². The number of nitrogens with zero attached hydrogens (tertiary/aromatic N) is 1. The normalized spacial score (nSPS) is 13.1. The van der Waals surface area contributed by atoms with Crippen molar-refractivity contribution in [3.05, 3.63) is 0 Å². The molecule has 0 unspecified atom stereocenters. The number of carbonyl (C=O) groups excluding carboxylic acids is 1. The first kappa shape index (κ1) is 12.4. The maximum absolute atomic E-state index is 11.7. The van der Waals surface area contributed by atoms with Crippen LogP contribution in [0.15, 0.2) is 0 Å². The van der Waals surface area contributed by atoms with Gasteiger partial charge in [-0.15, -0.1) is 0 Å². The topological polar surface area (TPSA) is 46.3 Å². The molecular formula is C10H22N2O. The summed E-state index contributed by atoms with van der Waals surface area (Å²) < 4.78 is 0. The quantitative estimate of drug-likeness (QED) is 0.705. The lowest BCUT2D eigenvalue weighted by Gasteiger charge is -2.27. The molecule has 0 spiro atoms. The Bertz CT molecular complexity index is 157. The van der Waals surface area contributed by atoms with E-state index in [1.54, 1.807) is 0 Å². The molecule has 1 amide bonds. The first-order valence-corrected chi connectivity index (χ1v) is 5.10. The molecule has 0 aliphatic heterocycles. The standard InChI is InChI=1S/C10H22N2O/c1-5-7-9(11)10(13)12(6-2)8(3)4/h8-9H,5-7,11H2,1-4H3/t9-/m0/s1. The van der Waals surface area contributed by atoms with Crippen molar-refractivity contribution < 1.29 is 4.79 Å². The molecule has 2 N–H and O–H groups in total. The zero-order valence-electron chi connectivity index (χ0n) is 9.21. The van der Waals surface area contributed by atoms with E-state index >= 15 is 0 Å². The Morgan fingerprint density at radius 3 is 2.23 bits per heavy atom. The molecule has 0 heterocycles. The number of hydrogen-bond acceptors (Lipinski definition) is 2. The fourth-order valence-electron chi connectivity index (χ4n) is 1.42. The van der Waals surface area contributed by atoms with Gasteiger partial charge in [0.2, 0.25) is 5.91 Å². The Hall–Kier alpha value is -0.570. The second-order valence-electron chi connectivity index (χ2n) is 3.61. The Balaban J connectivity index is 4.19. The number of likely N-dealkylation sites (N-methyl/N-ethyl adjacent to an activating group) is 1. The summed E-state index contributed by atoms with van der Waals surface area (Å²) in [7, 11) is 0. The SMILES string of the molecule is CCC[C@H](N)C(=O)N(CC)C(C)C. The van der Waals surface area contributed by atoms with Crippen molar-refractivity contribution in [3.63, 3.8) is 0 Å². The lowest BCUT2D eigenvalue weighted by Crippen LogP contribution is -2.46. The zero-order chi connectivity index (χ0) is 10.4. The molecule has 0 aromatic heterocycles. The fraction of sp³-hybridized carbons (Fsp3) is 0.900. The van der Waals surface area contributed by atoms with Crippen molar-refractivity contribution >= 4 is 5.91 Å². The van der Waals surface area contributed by atoms with Crippen LogP contribution in [0.4, 0.5) is 0 Å². The van der Waals surface area contributed by atoms with Crippen LogP contribution in [0.1, 0.15) is 40.5 Å². The van der Waals surface area contributed by atoms with Gasteiger partial charge >= 0.3 is 0 Å². The summed E-state index contributed by atoms with van der Waals surface area (Å²) in [5.74, 6) is 0.0827. The number of hydrogen-bond donors (Lipinski definition) is 1. The predicted molar refractivity (Wildman–Crippen MR) is 55.4 cm³/mol. The van der Waals surface area contributed by atoms with Crippen LogP contribution in [-0.2, 0) is 4.79 Å². The Morgan fingerprint density at radius 1 is 1.38 bits per heavy atom. The van der Waals surface area contributed by atoms with Gasteiger partial charge < -0.3 is 10.6 Å². The molecule has 0 saturated carbocycles. The van der Waals surface area contributed by atoms with Gasteiger partial charge in [0.15, 0.2) is 0 Å². The van der Waals surface area contributed by atoms with Crippen molar-refractivity contribution in [2.75, 3.05) is 6.54 Å². The molecule has 0 aliphatic carbocycles. The van der Waals surface area contributed by atoms with Gasteiger partial charge in [-0.25, -0.2) is 0 Å². The first-order valence-electron chi connectivity index (χ1n) is 5.10. The van der Waals surface area contributed by atoms with Gasteiger partial charge in [0, 0.05) is 12.6 Å². The van der Waals surface area contributed by atoms with Crippen LogP contribution in [0.5, 0.6) is 0 Å². The third-order valence-corrected chi connectivity index (χ3v) is 2.16. The predicted octanol–water partition coefficient (Wildman–Crippen LogP) is 1.37. The van der Waals surface area contributed by atoms with Crippen LogP contribution in [0, 0.1) is 0 Å². The first-order chi connectivity index (χ1) is 6.04.